The third kappa shape index (κ3) is 7.20. The number of para-hydroxylation sites is 1. The number of esters is 1. The molecule has 0 spiro atoms. The molecule has 0 saturated carbocycles. The Morgan fingerprint density at radius 2 is 1.41 bits per heavy atom. The Morgan fingerprint density at radius 3 is 2.02 bits per heavy atom. The van der Waals surface area contributed by atoms with Crippen LogP contribution < -0.4 is 11.2 Å². The van der Waals surface area contributed by atoms with Gasteiger partial charge in [0, 0.05) is 19.6 Å². The number of unbranched alkanes of at least 4 members (excludes halogenated alkanes) is 1. The highest BCUT2D eigenvalue weighted by molar-refractivity contribution is 5.79. The van der Waals surface area contributed by atoms with Crippen molar-refractivity contribution in [1.82, 2.24) is 14.0 Å². The zero-order valence-electron chi connectivity index (χ0n) is 25.8. The molecule has 5 rings (SSSR count). The first-order chi connectivity index (χ1) is 21.5. The van der Waals surface area contributed by atoms with Crippen molar-refractivity contribution < 1.29 is 14.3 Å². The monoisotopic (exact) mass is 597 g/mol. The number of aromatic nitrogens is 2. The minimum atomic E-state index is -0.947. The zero-order valence-corrected chi connectivity index (χ0v) is 25.8. The molecule has 232 valence electrons. The van der Waals surface area contributed by atoms with Gasteiger partial charge < -0.3 is 14.4 Å². The number of carbonyl (C=O) groups excluding carboxylic acids is 1. The van der Waals surface area contributed by atoms with Crippen LogP contribution in [0.25, 0.3) is 10.9 Å². The Labute approximate surface area is 258 Å². The second-order valence-electron chi connectivity index (χ2n) is 11.4. The lowest BCUT2D eigenvalue weighted by molar-refractivity contribution is -0.147. The number of rotatable bonds is 13. The minimum absolute atomic E-state index is 0.0820. The number of likely N-dealkylation sites (tertiary alicyclic amines) is 1. The third-order valence-corrected chi connectivity index (χ3v) is 8.51. The maximum Gasteiger partial charge on any atom is 0.332 e. The van der Waals surface area contributed by atoms with Gasteiger partial charge in [0.2, 0.25) is 0 Å². The van der Waals surface area contributed by atoms with Gasteiger partial charge in [-0.2, -0.15) is 0 Å². The van der Waals surface area contributed by atoms with E-state index in [1.165, 1.54) is 11.1 Å². The molecule has 1 aliphatic heterocycles. The summed E-state index contributed by atoms with van der Waals surface area (Å²) in [5.41, 5.74) is 2.03. The molecule has 0 aliphatic carbocycles. The van der Waals surface area contributed by atoms with Gasteiger partial charge in [-0.3, -0.25) is 9.36 Å². The normalized spacial score (nSPS) is 15.1. The van der Waals surface area contributed by atoms with Crippen LogP contribution in [0.15, 0.2) is 94.5 Å². The lowest BCUT2D eigenvalue weighted by Crippen LogP contribution is -2.45. The number of hydrogen-bond acceptors (Lipinski definition) is 6. The van der Waals surface area contributed by atoms with Gasteiger partial charge in [0.1, 0.15) is 12.1 Å². The highest BCUT2D eigenvalue weighted by Gasteiger charge is 2.27. The Balaban J connectivity index is 1.20. The predicted octanol–water partition coefficient (Wildman–Crippen LogP) is 5.73. The Bertz CT molecular complexity index is 1590. The van der Waals surface area contributed by atoms with Crippen molar-refractivity contribution in [3.05, 3.63) is 117 Å². The summed E-state index contributed by atoms with van der Waals surface area (Å²) in [5, 5.41) is 0.432. The summed E-state index contributed by atoms with van der Waals surface area (Å²) in [5.74, 6) is -0.553. The van der Waals surface area contributed by atoms with E-state index in [2.05, 4.69) is 53.4 Å². The molecule has 1 aliphatic rings. The predicted molar refractivity (Wildman–Crippen MR) is 173 cm³/mol. The lowest BCUT2D eigenvalue weighted by Gasteiger charge is -2.34. The lowest BCUT2D eigenvalue weighted by atomic mass is 10.00. The number of benzene rings is 3. The smallest absolute Gasteiger partial charge is 0.332 e. The van der Waals surface area contributed by atoms with Gasteiger partial charge in [-0.1, -0.05) is 79.7 Å². The number of fused-ring (bicyclic) bond motifs is 1. The average molecular weight is 598 g/mol. The average Bonchev–Trinajstić information content (AvgIpc) is 3.06. The van der Waals surface area contributed by atoms with Gasteiger partial charge in [0.05, 0.1) is 23.6 Å². The van der Waals surface area contributed by atoms with Crippen LogP contribution in [-0.2, 0) is 20.8 Å². The van der Waals surface area contributed by atoms with Crippen molar-refractivity contribution in [3.63, 3.8) is 0 Å². The van der Waals surface area contributed by atoms with Gasteiger partial charge in [0.15, 0.2) is 0 Å². The molecule has 0 N–H and O–H groups in total. The van der Waals surface area contributed by atoms with Gasteiger partial charge in [0.25, 0.3) is 5.56 Å². The van der Waals surface area contributed by atoms with Crippen LogP contribution in [0.3, 0.4) is 0 Å². The second kappa shape index (κ2) is 15.1. The van der Waals surface area contributed by atoms with Crippen LogP contribution in [0.5, 0.6) is 0 Å². The zero-order chi connectivity index (χ0) is 30.9. The number of aryl methyl sites for hydroxylation is 1. The van der Waals surface area contributed by atoms with E-state index >= 15 is 0 Å². The van der Waals surface area contributed by atoms with E-state index in [9.17, 15) is 14.4 Å². The number of carbonyl (C=O) groups is 1. The van der Waals surface area contributed by atoms with Crippen molar-refractivity contribution in [2.45, 2.75) is 70.7 Å². The standard InChI is InChI=1S/C36H43N3O5/c1-3-31(35(41)43-4-2)39-34(40)30-19-11-12-20-32(30)38(36(39)42)24-14-13-23-37-25-21-29(22-26-37)44-33(27-15-7-5-8-16-27)28-17-9-6-10-18-28/h5-12,15-20,29,31,33H,3-4,13-14,21-26H2,1-2H3. The molecule has 0 radical (unpaired) electrons. The molecule has 1 aromatic heterocycles. The minimum Gasteiger partial charge on any atom is -0.464 e. The van der Waals surface area contributed by atoms with Crippen LogP contribution >= 0.6 is 0 Å². The number of nitrogens with zero attached hydrogens (tertiary/aromatic N) is 3. The first-order valence-electron chi connectivity index (χ1n) is 15.9. The van der Waals surface area contributed by atoms with Crippen molar-refractivity contribution in [3.8, 4) is 0 Å². The molecule has 3 aromatic carbocycles. The van der Waals surface area contributed by atoms with Crippen LogP contribution in [0, 0.1) is 0 Å². The molecular formula is C36H43N3O5. The van der Waals surface area contributed by atoms with E-state index in [1.807, 2.05) is 18.2 Å². The molecule has 4 aromatic rings. The highest BCUT2D eigenvalue weighted by Crippen LogP contribution is 2.30. The highest BCUT2D eigenvalue weighted by atomic mass is 16.5. The molecule has 1 fully saturated rings. The van der Waals surface area contributed by atoms with E-state index < -0.39 is 23.3 Å². The van der Waals surface area contributed by atoms with E-state index in [0.29, 0.717) is 23.9 Å². The fraction of sp³-hybridized carbons (Fsp3) is 0.417. The van der Waals surface area contributed by atoms with Crippen molar-refractivity contribution in [1.29, 1.82) is 0 Å². The molecule has 0 bridgehead atoms. The van der Waals surface area contributed by atoms with Gasteiger partial charge in [-0.05, 0) is 68.8 Å². The number of ether oxygens (including phenoxy) is 2. The van der Waals surface area contributed by atoms with Gasteiger partial charge >= 0.3 is 11.7 Å². The Hall–Kier alpha value is -4.01. The summed E-state index contributed by atoms with van der Waals surface area (Å²) in [4.78, 5) is 42.1. The first kappa shape index (κ1) is 31.4. The molecular weight excluding hydrogens is 554 g/mol. The molecule has 8 heteroatoms. The second-order valence-corrected chi connectivity index (χ2v) is 11.4. The van der Waals surface area contributed by atoms with Crippen LogP contribution in [0.4, 0.5) is 0 Å². The molecule has 8 nitrogen and oxygen atoms in total. The maximum absolute atomic E-state index is 13.6. The largest absolute Gasteiger partial charge is 0.464 e. The SMILES string of the molecule is CCOC(=O)C(CC)n1c(=O)c2ccccc2n(CCCCN2CCC(OC(c3ccccc3)c3ccccc3)CC2)c1=O. The topological polar surface area (TPSA) is 82.8 Å². The molecule has 1 atom stereocenters. The van der Waals surface area contributed by atoms with Crippen molar-refractivity contribution in [2.75, 3.05) is 26.2 Å². The van der Waals surface area contributed by atoms with E-state index in [0.717, 1.165) is 49.9 Å². The van der Waals surface area contributed by atoms with Gasteiger partial charge in [-0.25, -0.2) is 14.2 Å². The summed E-state index contributed by atoms with van der Waals surface area (Å²) >= 11 is 0. The van der Waals surface area contributed by atoms with Gasteiger partial charge in [-0.15, -0.1) is 0 Å². The molecule has 1 unspecified atom stereocenters. The fourth-order valence-corrected chi connectivity index (χ4v) is 6.20. The molecule has 2 heterocycles. The first-order valence-corrected chi connectivity index (χ1v) is 15.9. The summed E-state index contributed by atoms with van der Waals surface area (Å²) < 4.78 is 14.6. The summed E-state index contributed by atoms with van der Waals surface area (Å²) in [7, 11) is 0. The Kier molecular flexibility index (Phi) is 10.8. The Morgan fingerprint density at radius 1 is 0.818 bits per heavy atom. The summed E-state index contributed by atoms with van der Waals surface area (Å²) in [6.07, 6.45) is 4.03. The number of piperidine rings is 1. The van der Waals surface area contributed by atoms with Crippen molar-refractivity contribution in [2.24, 2.45) is 0 Å². The van der Waals surface area contributed by atoms with E-state index in [1.54, 1.807) is 36.6 Å². The molecule has 0 amide bonds. The molecule has 44 heavy (non-hydrogen) atoms. The summed E-state index contributed by atoms with van der Waals surface area (Å²) in [6.45, 7) is 7.02. The maximum atomic E-state index is 13.6. The van der Waals surface area contributed by atoms with E-state index in [-0.39, 0.29) is 18.8 Å². The van der Waals surface area contributed by atoms with Crippen LogP contribution in [0.1, 0.15) is 69.2 Å². The molecule has 1 saturated heterocycles. The fourth-order valence-electron chi connectivity index (χ4n) is 6.20. The van der Waals surface area contributed by atoms with Crippen molar-refractivity contribution >= 4 is 16.9 Å². The van der Waals surface area contributed by atoms with Crippen LogP contribution in [0.2, 0.25) is 0 Å². The van der Waals surface area contributed by atoms with Crippen LogP contribution in [-0.4, -0.2) is 52.3 Å². The number of hydrogen-bond donors (Lipinski definition) is 0. The quantitative estimate of drug-likeness (QED) is 0.145. The summed E-state index contributed by atoms with van der Waals surface area (Å²) in [6, 6.07) is 27.0. The third-order valence-electron chi connectivity index (χ3n) is 8.51. The van der Waals surface area contributed by atoms with E-state index in [4.69, 9.17) is 9.47 Å².